The Bertz CT molecular complexity index is 17.1. The van der Waals surface area contributed by atoms with Gasteiger partial charge >= 0.3 is 52.8 Å². The summed E-state index contributed by atoms with van der Waals surface area (Å²) >= 11 is 0. The molecule has 0 bridgehead atoms. The van der Waals surface area contributed by atoms with Gasteiger partial charge < -0.3 is 5.11 Å². The van der Waals surface area contributed by atoms with Crippen LogP contribution in [0.25, 0.3) is 0 Å². The molecular formula is CH3KO2+2. The molecule has 0 spiro atoms. The van der Waals surface area contributed by atoms with Crippen LogP contribution in [0.2, 0.25) is 0 Å². The molecule has 0 heterocycles. The van der Waals surface area contributed by atoms with E-state index < -0.39 is 0 Å². The molecule has 1 N–H and O–H groups in total. The number of rotatable bonds is 0. The molecule has 0 saturated heterocycles. The molecule has 18 valence electrons. The Morgan fingerprint density at radius 2 is 2.00 bits per heavy atom. The van der Waals surface area contributed by atoms with Gasteiger partial charge in [0, 0.05) is 0 Å². The van der Waals surface area contributed by atoms with E-state index in [1.807, 2.05) is 0 Å². The van der Waals surface area contributed by atoms with Crippen molar-refractivity contribution in [3.8, 4) is 0 Å². The first-order valence-corrected chi connectivity index (χ1v) is 0.494. The van der Waals surface area contributed by atoms with Crippen LogP contribution in [0.15, 0.2) is 0 Å². The summed E-state index contributed by atoms with van der Waals surface area (Å²) in [5, 5.41) is 6.89. The van der Waals surface area contributed by atoms with Crippen LogP contribution in [-0.2, 0) is 4.79 Å². The summed E-state index contributed by atoms with van der Waals surface area (Å²) in [5.41, 5.74) is 0. The Morgan fingerprint density at radius 3 is 2.00 bits per heavy atom. The van der Waals surface area contributed by atoms with Crippen LogP contribution < -0.4 is 51.4 Å². The molecule has 0 rings (SSSR count). The van der Waals surface area contributed by atoms with Crippen LogP contribution in [0.5, 0.6) is 0 Å². The van der Waals surface area contributed by atoms with E-state index in [0.29, 0.717) is 0 Å². The monoisotopic (exact) mass is 86.0 g/mol. The summed E-state index contributed by atoms with van der Waals surface area (Å²) < 4.78 is 0. The molecule has 0 aromatic rings. The molecule has 4 heavy (non-hydrogen) atoms. The predicted octanol–water partition coefficient (Wildman–Crippen LogP) is -3.18. The summed E-state index contributed by atoms with van der Waals surface area (Å²) in [4.78, 5) is 8.36. The zero-order chi connectivity index (χ0) is 2.71. The van der Waals surface area contributed by atoms with Crippen LogP contribution in [-0.4, -0.2) is 11.6 Å². The van der Waals surface area contributed by atoms with E-state index in [9.17, 15) is 0 Å². The van der Waals surface area contributed by atoms with Gasteiger partial charge in [-0.25, -0.2) is 0 Å². The Hall–Kier alpha value is 1.11. The minimum absolute atomic E-state index is 0. The first kappa shape index (κ1) is 8.92. The fraction of sp³-hybridized carbons (Fsp3) is 0. The summed E-state index contributed by atoms with van der Waals surface area (Å²) in [6.07, 6.45) is 0. The van der Waals surface area contributed by atoms with Crippen molar-refractivity contribution < 1.29 is 62.7 Å². The molecule has 0 aromatic carbocycles. The maximum Gasteiger partial charge on any atom is 1.00 e. The number of carboxylic acid groups (broad SMARTS) is 1. The van der Waals surface area contributed by atoms with Crippen molar-refractivity contribution in [2.45, 2.75) is 0 Å². The van der Waals surface area contributed by atoms with Crippen molar-refractivity contribution in [2.24, 2.45) is 0 Å². The standard InChI is InChI=1S/CH2O2.K/c2-1-3;/h1H,(H,2,3);/q;+1/p+1. The van der Waals surface area contributed by atoms with Gasteiger partial charge in [0.2, 0.25) is 0 Å². The third kappa shape index (κ3) is 11.3. The fourth-order valence-corrected chi connectivity index (χ4v) is 0. The molecule has 0 aliphatic rings. The van der Waals surface area contributed by atoms with Gasteiger partial charge in [-0.15, -0.1) is 0 Å². The maximum atomic E-state index is 8.36. The molecule has 0 aliphatic heterocycles. The van der Waals surface area contributed by atoms with Crippen LogP contribution in [0, 0.1) is 0 Å². The average Bonchev–Trinajstić information content (AvgIpc) is 0.918. The van der Waals surface area contributed by atoms with E-state index in [-0.39, 0.29) is 59.3 Å². The second-order valence-electron chi connectivity index (χ2n) is 0.105. The zero-order valence-corrected chi connectivity index (χ0v) is 5.56. The van der Waals surface area contributed by atoms with Crippen LogP contribution >= 0.6 is 0 Å². The molecule has 0 saturated carbocycles. The molecule has 0 radical (unpaired) electrons. The summed E-state index contributed by atoms with van der Waals surface area (Å²) in [7, 11) is 0. The second-order valence-corrected chi connectivity index (χ2v) is 0.105. The third-order valence-electron chi connectivity index (χ3n) is 0. The SMILES string of the molecule is O=CO.[H+].[K+]. The fourth-order valence-electron chi connectivity index (χ4n) is 0. The Labute approximate surface area is 68.1 Å². The topological polar surface area (TPSA) is 37.3 Å². The van der Waals surface area contributed by atoms with Crippen molar-refractivity contribution in [2.75, 3.05) is 0 Å². The largest absolute Gasteiger partial charge is 1.00 e. The first-order valence-electron chi connectivity index (χ1n) is 0.494. The molecule has 0 amide bonds. The Balaban J connectivity index is -0.0000000200. The van der Waals surface area contributed by atoms with E-state index in [1.54, 1.807) is 0 Å². The average molecular weight is 86.1 g/mol. The smallest absolute Gasteiger partial charge is 0.483 e. The van der Waals surface area contributed by atoms with Gasteiger partial charge in [-0.3, -0.25) is 4.79 Å². The molecule has 0 aliphatic carbocycles. The summed E-state index contributed by atoms with van der Waals surface area (Å²) in [5.74, 6) is 0. The normalized spacial score (nSPS) is 3.00. The quantitative estimate of drug-likeness (QED) is 0.249. The maximum absolute atomic E-state index is 8.36. The van der Waals surface area contributed by atoms with Gasteiger partial charge in [0.25, 0.3) is 6.47 Å². The van der Waals surface area contributed by atoms with Crippen LogP contribution in [0.4, 0.5) is 0 Å². The molecule has 0 unspecified atom stereocenters. The molecule has 3 heteroatoms. The van der Waals surface area contributed by atoms with Crippen molar-refractivity contribution in [1.82, 2.24) is 0 Å². The van der Waals surface area contributed by atoms with Gasteiger partial charge in [0.15, 0.2) is 0 Å². The minimum Gasteiger partial charge on any atom is -0.483 e. The second kappa shape index (κ2) is 8.93. The predicted molar refractivity (Wildman–Crippen MR) is 9.80 cm³/mol. The molecule has 0 fully saturated rings. The van der Waals surface area contributed by atoms with Gasteiger partial charge in [0.05, 0.1) is 0 Å². The molecular weight excluding hydrogens is 83.1 g/mol. The van der Waals surface area contributed by atoms with Crippen molar-refractivity contribution >= 4 is 6.47 Å². The van der Waals surface area contributed by atoms with Gasteiger partial charge in [-0.05, 0) is 0 Å². The summed E-state index contributed by atoms with van der Waals surface area (Å²) in [6.45, 7) is -0.250. The van der Waals surface area contributed by atoms with E-state index >= 15 is 0 Å². The molecule has 0 aromatic heterocycles. The number of hydrogen-bond acceptors (Lipinski definition) is 1. The molecule has 0 atom stereocenters. The van der Waals surface area contributed by atoms with Crippen LogP contribution in [0.3, 0.4) is 0 Å². The minimum atomic E-state index is -0.250. The van der Waals surface area contributed by atoms with Crippen molar-refractivity contribution in [3.05, 3.63) is 0 Å². The summed E-state index contributed by atoms with van der Waals surface area (Å²) in [6, 6.07) is 0. The van der Waals surface area contributed by atoms with E-state index in [0.717, 1.165) is 0 Å². The van der Waals surface area contributed by atoms with Crippen LogP contribution in [0.1, 0.15) is 1.43 Å². The van der Waals surface area contributed by atoms with Crippen molar-refractivity contribution in [1.29, 1.82) is 0 Å². The number of hydrogen-bond donors (Lipinski definition) is 1. The van der Waals surface area contributed by atoms with E-state index in [1.165, 1.54) is 0 Å². The van der Waals surface area contributed by atoms with E-state index in [2.05, 4.69) is 0 Å². The first-order chi connectivity index (χ1) is 1.41. The van der Waals surface area contributed by atoms with E-state index in [4.69, 9.17) is 9.90 Å². The van der Waals surface area contributed by atoms with Gasteiger partial charge in [-0.2, -0.15) is 0 Å². The van der Waals surface area contributed by atoms with Gasteiger partial charge in [-0.1, -0.05) is 0 Å². The zero-order valence-electron chi connectivity index (χ0n) is 3.43. The Morgan fingerprint density at radius 1 is 2.00 bits per heavy atom. The van der Waals surface area contributed by atoms with Crippen molar-refractivity contribution in [3.63, 3.8) is 0 Å². The number of carbonyl (C=O) groups is 1. The third-order valence-corrected chi connectivity index (χ3v) is 0. The molecule has 2 nitrogen and oxygen atoms in total. The van der Waals surface area contributed by atoms with Gasteiger partial charge in [0.1, 0.15) is 0 Å². The Kier molecular flexibility index (Phi) is 19.9.